The molecule has 0 fully saturated rings. The second kappa shape index (κ2) is 6.77. The second-order valence-corrected chi connectivity index (χ2v) is 5.89. The Morgan fingerprint density at radius 1 is 1.25 bits per heavy atom. The van der Waals surface area contributed by atoms with Gasteiger partial charge < -0.3 is 15.4 Å². The molecule has 0 saturated heterocycles. The van der Waals surface area contributed by atoms with Crippen LogP contribution < -0.4 is 15.4 Å². The molecule has 0 aliphatic heterocycles. The van der Waals surface area contributed by atoms with E-state index in [2.05, 4.69) is 37.1 Å². The number of hydrogen-bond donors (Lipinski definition) is 1. The fraction of sp³-hybridized carbons (Fsp3) is 0.375. The van der Waals surface area contributed by atoms with Gasteiger partial charge in [0.15, 0.2) is 0 Å². The Morgan fingerprint density at radius 3 is 2.60 bits per heavy atom. The quantitative estimate of drug-likeness (QED) is 0.885. The van der Waals surface area contributed by atoms with Gasteiger partial charge in [-0.1, -0.05) is 19.1 Å². The van der Waals surface area contributed by atoms with E-state index in [0.29, 0.717) is 6.54 Å². The molecule has 1 aromatic heterocycles. The zero-order valence-electron chi connectivity index (χ0n) is 12.3. The lowest BCUT2D eigenvalue weighted by molar-refractivity contribution is 0.413. The van der Waals surface area contributed by atoms with Gasteiger partial charge in [-0.05, 0) is 30.7 Å². The minimum Gasteiger partial charge on any atom is -0.495 e. The Labute approximate surface area is 125 Å². The van der Waals surface area contributed by atoms with Gasteiger partial charge in [0.25, 0.3) is 0 Å². The maximum absolute atomic E-state index is 6.01. The highest BCUT2D eigenvalue weighted by Crippen LogP contribution is 2.34. The first-order valence-electron chi connectivity index (χ1n) is 6.85. The molecular weight excluding hydrogens is 268 g/mol. The lowest BCUT2D eigenvalue weighted by Gasteiger charge is -2.29. The molecule has 108 valence electrons. The van der Waals surface area contributed by atoms with Crippen molar-refractivity contribution in [1.82, 2.24) is 0 Å². The van der Waals surface area contributed by atoms with Crippen LogP contribution in [0.1, 0.15) is 22.7 Å². The standard InChI is InChI=1S/C16H22N2OS/c1-4-12-9-10-16(20-12)14(11-17)18(2)13-7-5-6-8-15(13)19-3/h5-10,14H,4,11,17H2,1-3H3. The first-order chi connectivity index (χ1) is 9.71. The maximum atomic E-state index is 6.01. The van der Waals surface area contributed by atoms with E-state index in [4.69, 9.17) is 10.5 Å². The van der Waals surface area contributed by atoms with Crippen LogP contribution in [0, 0.1) is 0 Å². The highest BCUT2D eigenvalue weighted by molar-refractivity contribution is 7.12. The van der Waals surface area contributed by atoms with E-state index in [9.17, 15) is 0 Å². The first-order valence-corrected chi connectivity index (χ1v) is 7.67. The molecule has 2 rings (SSSR count). The average molecular weight is 290 g/mol. The van der Waals surface area contributed by atoms with Crippen molar-refractivity contribution in [3.63, 3.8) is 0 Å². The smallest absolute Gasteiger partial charge is 0.142 e. The normalized spacial score (nSPS) is 12.2. The van der Waals surface area contributed by atoms with Gasteiger partial charge in [-0.3, -0.25) is 0 Å². The molecule has 1 heterocycles. The molecule has 4 heteroatoms. The molecule has 1 aromatic carbocycles. The SMILES string of the molecule is CCc1ccc(C(CN)N(C)c2ccccc2OC)s1. The van der Waals surface area contributed by atoms with Crippen LogP contribution in [0.4, 0.5) is 5.69 Å². The molecule has 3 nitrogen and oxygen atoms in total. The summed E-state index contributed by atoms with van der Waals surface area (Å²) in [4.78, 5) is 4.90. The topological polar surface area (TPSA) is 38.5 Å². The number of nitrogens with two attached hydrogens (primary N) is 1. The summed E-state index contributed by atoms with van der Waals surface area (Å²) in [6.07, 6.45) is 1.07. The van der Waals surface area contributed by atoms with E-state index in [1.165, 1.54) is 9.75 Å². The number of aryl methyl sites for hydroxylation is 1. The van der Waals surface area contributed by atoms with Crippen molar-refractivity contribution < 1.29 is 4.74 Å². The third kappa shape index (κ3) is 2.97. The van der Waals surface area contributed by atoms with Crippen LogP contribution in [0.25, 0.3) is 0 Å². The molecule has 0 aliphatic carbocycles. The number of benzene rings is 1. The van der Waals surface area contributed by atoms with E-state index < -0.39 is 0 Å². The summed E-state index contributed by atoms with van der Waals surface area (Å²) < 4.78 is 5.44. The van der Waals surface area contributed by atoms with E-state index in [0.717, 1.165) is 17.9 Å². The molecule has 0 bridgehead atoms. The van der Waals surface area contributed by atoms with E-state index in [-0.39, 0.29) is 6.04 Å². The summed E-state index contributed by atoms with van der Waals surface area (Å²) in [6, 6.07) is 12.6. The molecule has 0 spiro atoms. The molecule has 2 aromatic rings. The number of ether oxygens (including phenoxy) is 1. The lowest BCUT2D eigenvalue weighted by Crippen LogP contribution is -2.30. The van der Waals surface area contributed by atoms with Crippen molar-refractivity contribution in [2.75, 3.05) is 25.6 Å². The van der Waals surface area contributed by atoms with E-state index in [1.807, 2.05) is 29.5 Å². The minimum absolute atomic E-state index is 0.177. The van der Waals surface area contributed by atoms with Gasteiger partial charge in [0, 0.05) is 23.3 Å². The summed E-state index contributed by atoms with van der Waals surface area (Å²) >= 11 is 1.84. The number of nitrogens with zero attached hydrogens (tertiary/aromatic N) is 1. The van der Waals surface area contributed by atoms with Gasteiger partial charge in [-0.15, -0.1) is 11.3 Å². The number of hydrogen-bond acceptors (Lipinski definition) is 4. The Morgan fingerprint density at radius 2 is 2.00 bits per heavy atom. The van der Waals surface area contributed by atoms with Crippen LogP contribution in [0.15, 0.2) is 36.4 Å². The highest BCUT2D eigenvalue weighted by atomic mass is 32.1. The van der Waals surface area contributed by atoms with Gasteiger partial charge in [0.1, 0.15) is 5.75 Å². The van der Waals surface area contributed by atoms with Crippen molar-refractivity contribution in [1.29, 1.82) is 0 Å². The van der Waals surface area contributed by atoms with Crippen molar-refractivity contribution in [3.8, 4) is 5.75 Å². The lowest BCUT2D eigenvalue weighted by atomic mass is 10.1. The molecular formula is C16H22N2OS. The second-order valence-electron chi connectivity index (χ2n) is 4.69. The highest BCUT2D eigenvalue weighted by Gasteiger charge is 2.20. The van der Waals surface area contributed by atoms with Gasteiger partial charge >= 0.3 is 0 Å². The molecule has 1 atom stereocenters. The van der Waals surface area contributed by atoms with Gasteiger partial charge in [-0.25, -0.2) is 0 Å². The van der Waals surface area contributed by atoms with Crippen LogP contribution in [0.3, 0.4) is 0 Å². The molecule has 1 unspecified atom stereocenters. The summed E-state index contributed by atoms with van der Waals surface area (Å²) in [7, 11) is 3.77. The first kappa shape index (κ1) is 14.9. The molecule has 0 aliphatic rings. The molecule has 0 radical (unpaired) electrons. The molecule has 2 N–H and O–H groups in total. The number of thiophene rings is 1. The van der Waals surface area contributed by atoms with Crippen molar-refractivity contribution in [3.05, 3.63) is 46.2 Å². The summed E-state index contributed by atoms with van der Waals surface area (Å²) in [6.45, 7) is 2.76. The zero-order valence-corrected chi connectivity index (χ0v) is 13.1. The molecule has 20 heavy (non-hydrogen) atoms. The van der Waals surface area contributed by atoms with Crippen LogP contribution in [-0.4, -0.2) is 20.7 Å². The maximum Gasteiger partial charge on any atom is 0.142 e. The van der Waals surface area contributed by atoms with Crippen LogP contribution in [0.5, 0.6) is 5.75 Å². The van der Waals surface area contributed by atoms with Crippen molar-refractivity contribution >= 4 is 17.0 Å². The Bertz CT molecular complexity index is 553. The number of rotatable bonds is 6. The summed E-state index contributed by atoms with van der Waals surface area (Å²) in [5.41, 5.74) is 7.08. The predicted octanol–water partition coefficient (Wildman–Crippen LogP) is 3.46. The Hall–Kier alpha value is -1.52. The number of para-hydroxylation sites is 2. The number of anilines is 1. The van der Waals surface area contributed by atoms with Gasteiger partial charge in [0.2, 0.25) is 0 Å². The zero-order chi connectivity index (χ0) is 14.5. The van der Waals surface area contributed by atoms with Crippen LogP contribution >= 0.6 is 11.3 Å². The van der Waals surface area contributed by atoms with Crippen molar-refractivity contribution in [2.24, 2.45) is 5.73 Å². The summed E-state index contributed by atoms with van der Waals surface area (Å²) in [5, 5.41) is 0. The fourth-order valence-electron chi connectivity index (χ4n) is 2.32. The van der Waals surface area contributed by atoms with E-state index >= 15 is 0 Å². The third-order valence-electron chi connectivity index (χ3n) is 3.52. The average Bonchev–Trinajstić information content (AvgIpc) is 2.96. The largest absolute Gasteiger partial charge is 0.495 e. The Kier molecular flexibility index (Phi) is 5.04. The minimum atomic E-state index is 0.177. The van der Waals surface area contributed by atoms with Gasteiger partial charge in [0.05, 0.1) is 18.8 Å². The van der Waals surface area contributed by atoms with Crippen LogP contribution in [0.2, 0.25) is 0 Å². The van der Waals surface area contributed by atoms with E-state index in [1.54, 1.807) is 7.11 Å². The fourth-order valence-corrected chi connectivity index (χ4v) is 3.43. The molecule has 0 saturated carbocycles. The van der Waals surface area contributed by atoms with Gasteiger partial charge in [-0.2, -0.15) is 0 Å². The molecule has 0 amide bonds. The van der Waals surface area contributed by atoms with Crippen LogP contribution in [-0.2, 0) is 6.42 Å². The third-order valence-corrected chi connectivity index (χ3v) is 4.85. The monoisotopic (exact) mass is 290 g/mol. The predicted molar refractivity (Wildman–Crippen MR) is 86.9 cm³/mol. The number of methoxy groups -OCH3 is 1. The summed E-state index contributed by atoms with van der Waals surface area (Å²) in [5.74, 6) is 0.876. The number of likely N-dealkylation sites (N-methyl/N-ethyl adjacent to an activating group) is 1. The van der Waals surface area contributed by atoms with Crippen molar-refractivity contribution in [2.45, 2.75) is 19.4 Å². The Balaban J connectivity index is 2.31.